The van der Waals surface area contributed by atoms with Crippen LogP contribution in [0.1, 0.15) is 30.4 Å². The van der Waals surface area contributed by atoms with Gasteiger partial charge in [-0.1, -0.05) is 49.1 Å². The molecule has 0 N–H and O–H groups in total. The number of pyridine rings is 1. The summed E-state index contributed by atoms with van der Waals surface area (Å²) < 4.78 is 0. The monoisotopic (exact) mass is 221 g/mol. The van der Waals surface area contributed by atoms with Crippen molar-refractivity contribution in [2.45, 2.75) is 19.3 Å². The molecule has 0 unspecified atom stereocenters. The second kappa shape index (κ2) is 5.86. The van der Waals surface area contributed by atoms with E-state index in [0.717, 1.165) is 12.0 Å². The molecule has 1 nitrogen and oxygen atoms in total. The van der Waals surface area contributed by atoms with E-state index in [1.54, 1.807) is 12.4 Å². The van der Waals surface area contributed by atoms with E-state index in [-0.39, 0.29) is 0 Å². The fourth-order valence-corrected chi connectivity index (χ4v) is 1.71. The predicted octanol–water partition coefficient (Wildman–Crippen LogP) is 3.63. The van der Waals surface area contributed by atoms with Gasteiger partial charge in [0.2, 0.25) is 0 Å². The van der Waals surface area contributed by atoms with Gasteiger partial charge in [0.1, 0.15) is 0 Å². The van der Waals surface area contributed by atoms with Gasteiger partial charge in [-0.25, -0.2) is 0 Å². The number of aromatic nitrogens is 1. The lowest BCUT2D eigenvalue weighted by atomic mass is 9.97. The molecule has 0 bridgehead atoms. The molecule has 17 heavy (non-hydrogen) atoms. The molecule has 0 radical (unpaired) electrons. The van der Waals surface area contributed by atoms with Gasteiger partial charge in [0.15, 0.2) is 0 Å². The first kappa shape index (κ1) is 11.4. The SMILES string of the molecule is CC[C@@H](C#Cc1cccnc1)c1ccccc1. The quantitative estimate of drug-likeness (QED) is 0.706. The lowest BCUT2D eigenvalue weighted by Crippen LogP contribution is -1.93. The van der Waals surface area contributed by atoms with Crippen molar-refractivity contribution < 1.29 is 0 Å². The standard InChI is InChI=1S/C16H15N/c1-2-15(16-8-4-3-5-9-16)11-10-14-7-6-12-17-13-14/h3-9,12-13,15H,2H2,1H3/t15-/m0/s1. The molecule has 1 atom stereocenters. The molecule has 0 saturated carbocycles. The van der Waals surface area contributed by atoms with Crippen molar-refractivity contribution in [2.75, 3.05) is 0 Å². The summed E-state index contributed by atoms with van der Waals surface area (Å²) in [5, 5.41) is 0. The predicted molar refractivity (Wildman–Crippen MR) is 70.6 cm³/mol. The summed E-state index contributed by atoms with van der Waals surface area (Å²) in [4.78, 5) is 4.06. The summed E-state index contributed by atoms with van der Waals surface area (Å²) in [6, 6.07) is 14.3. The van der Waals surface area contributed by atoms with Crippen LogP contribution in [0.5, 0.6) is 0 Å². The van der Waals surface area contributed by atoms with E-state index in [4.69, 9.17) is 0 Å². The molecule has 1 aromatic carbocycles. The number of hydrogen-bond donors (Lipinski definition) is 0. The third-order valence-corrected chi connectivity index (χ3v) is 2.66. The largest absolute Gasteiger partial charge is 0.263 e. The van der Waals surface area contributed by atoms with E-state index >= 15 is 0 Å². The van der Waals surface area contributed by atoms with Crippen molar-refractivity contribution in [2.24, 2.45) is 0 Å². The molecule has 0 aliphatic carbocycles. The van der Waals surface area contributed by atoms with Crippen LogP contribution in [-0.4, -0.2) is 4.98 Å². The Balaban J connectivity index is 2.20. The minimum atomic E-state index is 0.302. The zero-order valence-electron chi connectivity index (χ0n) is 9.93. The van der Waals surface area contributed by atoms with Gasteiger partial charge in [-0.15, -0.1) is 0 Å². The summed E-state index contributed by atoms with van der Waals surface area (Å²) >= 11 is 0. The molecule has 1 aromatic heterocycles. The van der Waals surface area contributed by atoms with Crippen LogP contribution >= 0.6 is 0 Å². The Bertz CT molecular complexity index is 505. The van der Waals surface area contributed by atoms with E-state index in [2.05, 4.69) is 48.0 Å². The lowest BCUT2D eigenvalue weighted by molar-refractivity contribution is 0.830. The number of benzene rings is 1. The second-order valence-corrected chi connectivity index (χ2v) is 3.88. The Kier molecular flexibility index (Phi) is 3.94. The topological polar surface area (TPSA) is 12.9 Å². The fourth-order valence-electron chi connectivity index (χ4n) is 1.71. The molecule has 0 amide bonds. The molecule has 0 saturated heterocycles. The summed E-state index contributed by atoms with van der Waals surface area (Å²) in [6.45, 7) is 2.16. The number of rotatable bonds is 2. The zero-order valence-corrected chi connectivity index (χ0v) is 9.93. The summed E-state index contributed by atoms with van der Waals surface area (Å²) in [5.41, 5.74) is 2.26. The zero-order chi connectivity index (χ0) is 11.9. The van der Waals surface area contributed by atoms with Crippen molar-refractivity contribution in [1.29, 1.82) is 0 Å². The first-order chi connectivity index (χ1) is 8.40. The Morgan fingerprint density at radius 3 is 2.59 bits per heavy atom. The highest BCUT2D eigenvalue weighted by molar-refractivity contribution is 5.36. The molecule has 0 fully saturated rings. The highest BCUT2D eigenvalue weighted by Crippen LogP contribution is 2.17. The fraction of sp³-hybridized carbons (Fsp3) is 0.188. The van der Waals surface area contributed by atoms with E-state index in [0.29, 0.717) is 5.92 Å². The molecule has 1 heteroatoms. The molecule has 84 valence electrons. The minimum Gasteiger partial charge on any atom is -0.263 e. The Morgan fingerprint density at radius 2 is 1.94 bits per heavy atom. The van der Waals surface area contributed by atoms with Crippen molar-refractivity contribution >= 4 is 0 Å². The van der Waals surface area contributed by atoms with Crippen molar-refractivity contribution in [3.63, 3.8) is 0 Å². The number of hydrogen-bond acceptors (Lipinski definition) is 1. The van der Waals surface area contributed by atoms with Gasteiger partial charge in [0.25, 0.3) is 0 Å². The molecular weight excluding hydrogens is 206 g/mol. The van der Waals surface area contributed by atoms with E-state index < -0.39 is 0 Å². The van der Waals surface area contributed by atoms with E-state index in [1.165, 1.54) is 5.56 Å². The highest BCUT2D eigenvalue weighted by atomic mass is 14.6. The maximum atomic E-state index is 4.06. The molecule has 0 spiro atoms. The van der Waals surface area contributed by atoms with Gasteiger partial charge in [-0.05, 0) is 24.1 Å². The number of nitrogens with zero attached hydrogens (tertiary/aromatic N) is 1. The van der Waals surface area contributed by atoms with Crippen molar-refractivity contribution in [3.05, 3.63) is 66.0 Å². The van der Waals surface area contributed by atoms with E-state index in [9.17, 15) is 0 Å². The third kappa shape index (κ3) is 3.19. The van der Waals surface area contributed by atoms with Crippen LogP contribution in [0.25, 0.3) is 0 Å². The van der Waals surface area contributed by atoms with Gasteiger partial charge in [0.05, 0.1) is 0 Å². The van der Waals surface area contributed by atoms with Gasteiger partial charge in [0, 0.05) is 23.9 Å². The first-order valence-electron chi connectivity index (χ1n) is 5.86. The second-order valence-electron chi connectivity index (χ2n) is 3.88. The molecule has 0 aliphatic heterocycles. The van der Waals surface area contributed by atoms with Crippen LogP contribution in [0.15, 0.2) is 54.9 Å². The summed E-state index contributed by atoms with van der Waals surface area (Å²) in [6.07, 6.45) is 4.58. The molecule has 2 rings (SSSR count). The van der Waals surface area contributed by atoms with Crippen molar-refractivity contribution in [1.82, 2.24) is 4.98 Å². The third-order valence-electron chi connectivity index (χ3n) is 2.66. The van der Waals surface area contributed by atoms with Crippen LogP contribution < -0.4 is 0 Å². The summed E-state index contributed by atoms with van der Waals surface area (Å²) in [5.74, 6) is 6.80. The molecule has 0 aliphatic rings. The van der Waals surface area contributed by atoms with Gasteiger partial charge < -0.3 is 0 Å². The average molecular weight is 221 g/mol. The molecular formula is C16H15N. The summed E-state index contributed by atoms with van der Waals surface area (Å²) in [7, 11) is 0. The van der Waals surface area contributed by atoms with Crippen LogP contribution in [0.2, 0.25) is 0 Å². The van der Waals surface area contributed by atoms with Crippen LogP contribution in [0.4, 0.5) is 0 Å². The van der Waals surface area contributed by atoms with Crippen LogP contribution in [-0.2, 0) is 0 Å². The van der Waals surface area contributed by atoms with Gasteiger partial charge >= 0.3 is 0 Å². The minimum absolute atomic E-state index is 0.302. The Labute approximate surface area is 103 Å². The Hall–Kier alpha value is -2.07. The van der Waals surface area contributed by atoms with E-state index in [1.807, 2.05) is 18.2 Å². The highest BCUT2D eigenvalue weighted by Gasteiger charge is 2.03. The smallest absolute Gasteiger partial charge is 0.0453 e. The lowest BCUT2D eigenvalue weighted by Gasteiger charge is -2.07. The maximum Gasteiger partial charge on any atom is 0.0453 e. The maximum absolute atomic E-state index is 4.06. The Morgan fingerprint density at radius 1 is 1.12 bits per heavy atom. The van der Waals surface area contributed by atoms with Crippen LogP contribution in [0.3, 0.4) is 0 Å². The first-order valence-corrected chi connectivity index (χ1v) is 5.86. The normalized spacial score (nSPS) is 11.4. The molecule has 1 heterocycles. The average Bonchev–Trinajstić information content (AvgIpc) is 2.42. The van der Waals surface area contributed by atoms with Gasteiger partial charge in [-0.3, -0.25) is 4.98 Å². The van der Waals surface area contributed by atoms with Crippen molar-refractivity contribution in [3.8, 4) is 11.8 Å². The van der Waals surface area contributed by atoms with Crippen LogP contribution in [0, 0.1) is 11.8 Å². The molecule has 2 aromatic rings. The van der Waals surface area contributed by atoms with Gasteiger partial charge in [-0.2, -0.15) is 0 Å².